The molecule has 2 N–H and O–H groups in total. The zero-order chi connectivity index (χ0) is 18.8. The van der Waals surface area contributed by atoms with Crippen LogP contribution in [0, 0.1) is 0 Å². The van der Waals surface area contributed by atoms with E-state index in [1.807, 2.05) is 0 Å². The lowest BCUT2D eigenvalue weighted by molar-refractivity contribution is -0.147. The van der Waals surface area contributed by atoms with Crippen molar-refractivity contribution in [1.82, 2.24) is 14.8 Å². The van der Waals surface area contributed by atoms with Crippen LogP contribution in [0.1, 0.15) is 23.1 Å². The third-order valence-electron chi connectivity index (χ3n) is 3.05. The second-order valence-electron chi connectivity index (χ2n) is 4.99. The minimum atomic E-state index is -4.63. The number of phenolic OH excluding ortho intramolecular Hbond substituents is 1. The number of aromatic nitrogens is 3. The number of rotatable bonds is 5. The van der Waals surface area contributed by atoms with Crippen molar-refractivity contribution in [3.63, 3.8) is 0 Å². The fraction of sp³-hybridized carbons (Fsp3) is 0.286. The number of benzene rings is 1. The molecule has 0 aliphatic carbocycles. The van der Waals surface area contributed by atoms with Crippen LogP contribution in [0.3, 0.4) is 0 Å². The molecule has 0 aliphatic rings. The number of halogens is 3. The lowest BCUT2D eigenvalue weighted by atomic mass is 10.1. The van der Waals surface area contributed by atoms with Crippen LogP contribution in [0.15, 0.2) is 23.4 Å². The van der Waals surface area contributed by atoms with Gasteiger partial charge in [-0.3, -0.25) is 9.59 Å². The SMILES string of the molecule is CC(=O)Nc1cc(C(=O)CSc2nnc(C(F)(F)F)n2C)ccc1O. The van der Waals surface area contributed by atoms with Crippen molar-refractivity contribution in [3.8, 4) is 5.75 Å². The molecule has 0 atom stereocenters. The Labute approximate surface area is 144 Å². The number of anilines is 1. The summed E-state index contributed by atoms with van der Waals surface area (Å²) in [5.74, 6) is -2.38. The quantitative estimate of drug-likeness (QED) is 0.474. The lowest BCUT2D eigenvalue weighted by Crippen LogP contribution is -2.13. The number of amides is 1. The van der Waals surface area contributed by atoms with Gasteiger partial charge in [0.25, 0.3) is 0 Å². The van der Waals surface area contributed by atoms with E-state index in [1.54, 1.807) is 0 Å². The van der Waals surface area contributed by atoms with Crippen LogP contribution in [0.5, 0.6) is 5.75 Å². The molecule has 0 aliphatic heterocycles. The third-order valence-corrected chi connectivity index (χ3v) is 4.07. The van der Waals surface area contributed by atoms with Gasteiger partial charge in [0.2, 0.25) is 11.7 Å². The van der Waals surface area contributed by atoms with E-state index < -0.39 is 23.7 Å². The van der Waals surface area contributed by atoms with E-state index in [9.17, 15) is 27.9 Å². The van der Waals surface area contributed by atoms with Crippen LogP contribution in [0.25, 0.3) is 0 Å². The molecule has 0 radical (unpaired) electrons. The van der Waals surface area contributed by atoms with Crippen LogP contribution in [0.2, 0.25) is 0 Å². The minimum absolute atomic E-state index is 0.0541. The summed E-state index contributed by atoms with van der Waals surface area (Å²) in [7, 11) is 1.16. The Morgan fingerprint density at radius 3 is 2.56 bits per heavy atom. The number of hydrogen-bond acceptors (Lipinski definition) is 6. The summed E-state index contributed by atoms with van der Waals surface area (Å²) in [6.45, 7) is 1.25. The molecular weight excluding hydrogens is 361 g/mol. The average molecular weight is 374 g/mol. The molecule has 1 aromatic heterocycles. The number of carbonyl (C=O) groups excluding carboxylic acids is 2. The summed E-state index contributed by atoms with van der Waals surface area (Å²) in [4.78, 5) is 23.2. The van der Waals surface area contributed by atoms with Gasteiger partial charge in [-0.05, 0) is 18.2 Å². The smallest absolute Gasteiger partial charge is 0.451 e. The number of hydrogen-bond donors (Lipinski definition) is 2. The predicted molar refractivity (Wildman–Crippen MR) is 83.5 cm³/mol. The van der Waals surface area contributed by atoms with E-state index in [2.05, 4.69) is 15.5 Å². The van der Waals surface area contributed by atoms with E-state index in [-0.39, 0.29) is 27.9 Å². The van der Waals surface area contributed by atoms with Crippen LogP contribution >= 0.6 is 11.8 Å². The van der Waals surface area contributed by atoms with Crippen LogP contribution in [-0.4, -0.2) is 37.3 Å². The predicted octanol–water partition coefficient (Wildman–Crippen LogP) is 2.47. The molecule has 1 amide bonds. The van der Waals surface area contributed by atoms with E-state index >= 15 is 0 Å². The van der Waals surface area contributed by atoms with E-state index in [0.29, 0.717) is 0 Å². The summed E-state index contributed by atoms with van der Waals surface area (Å²) >= 11 is 0.801. The number of nitrogens with zero attached hydrogens (tertiary/aromatic N) is 3. The molecule has 134 valence electrons. The molecule has 1 heterocycles. The Kier molecular flexibility index (Phi) is 5.36. The Hall–Kier alpha value is -2.56. The van der Waals surface area contributed by atoms with Crippen molar-refractivity contribution in [3.05, 3.63) is 29.6 Å². The second kappa shape index (κ2) is 7.13. The van der Waals surface area contributed by atoms with Crippen molar-refractivity contribution in [2.75, 3.05) is 11.1 Å². The summed E-state index contributed by atoms with van der Waals surface area (Å²) in [5.41, 5.74) is 0.258. The normalized spacial score (nSPS) is 11.4. The monoisotopic (exact) mass is 374 g/mol. The molecule has 1 aromatic carbocycles. The summed E-state index contributed by atoms with van der Waals surface area (Å²) in [6.07, 6.45) is -4.63. The van der Waals surface area contributed by atoms with Crippen molar-refractivity contribution < 1.29 is 27.9 Å². The van der Waals surface area contributed by atoms with Crippen molar-refractivity contribution >= 4 is 29.1 Å². The zero-order valence-corrected chi connectivity index (χ0v) is 13.9. The highest BCUT2D eigenvalue weighted by Gasteiger charge is 2.37. The highest BCUT2D eigenvalue weighted by molar-refractivity contribution is 7.99. The van der Waals surface area contributed by atoms with Gasteiger partial charge in [-0.15, -0.1) is 10.2 Å². The highest BCUT2D eigenvalue weighted by Crippen LogP contribution is 2.30. The Morgan fingerprint density at radius 1 is 1.32 bits per heavy atom. The molecule has 0 saturated carbocycles. The van der Waals surface area contributed by atoms with E-state index in [0.717, 1.165) is 23.4 Å². The number of alkyl halides is 3. The zero-order valence-electron chi connectivity index (χ0n) is 13.1. The first-order valence-corrected chi connectivity index (χ1v) is 7.81. The molecular formula is C14H13F3N4O3S. The number of nitrogens with one attached hydrogen (secondary N) is 1. The number of Topliss-reactive ketones (excluding diaryl/α,β-unsaturated/α-hetero) is 1. The molecule has 7 nitrogen and oxygen atoms in total. The van der Waals surface area contributed by atoms with Gasteiger partial charge >= 0.3 is 6.18 Å². The van der Waals surface area contributed by atoms with Gasteiger partial charge in [0, 0.05) is 19.5 Å². The second-order valence-corrected chi connectivity index (χ2v) is 5.93. The summed E-state index contributed by atoms with van der Waals surface area (Å²) in [5, 5.41) is 18.4. The van der Waals surface area contributed by atoms with Gasteiger partial charge in [0.05, 0.1) is 11.4 Å². The lowest BCUT2D eigenvalue weighted by Gasteiger charge is -2.08. The molecule has 0 unspecified atom stereocenters. The first-order valence-electron chi connectivity index (χ1n) is 6.82. The van der Waals surface area contributed by atoms with Crippen LogP contribution in [-0.2, 0) is 18.0 Å². The maximum absolute atomic E-state index is 12.7. The van der Waals surface area contributed by atoms with Crippen molar-refractivity contribution in [1.29, 1.82) is 0 Å². The summed E-state index contributed by atoms with van der Waals surface area (Å²) in [6, 6.07) is 3.88. The molecule has 2 aromatic rings. The maximum Gasteiger partial charge on any atom is 0.451 e. The Morgan fingerprint density at radius 2 is 2.00 bits per heavy atom. The van der Waals surface area contributed by atoms with Gasteiger partial charge in [0.1, 0.15) is 5.75 Å². The van der Waals surface area contributed by atoms with Crippen LogP contribution < -0.4 is 5.32 Å². The molecule has 25 heavy (non-hydrogen) atoms. The van der Waals surface area contributed by atoms with E-state index in [1.165, 1.54) is 25.1 Å². The van der Waals surface area contributed by atoms with Gasteiger partial charge in [-0.25, -0.2) is 0 Å². The van der Waals surface area contributed by atoms with Gasteiger partial charge in [-0.1, -0.05) is 11.8 Å². The number of ketones is 1. The highest BCUT2D eigenvalue weighted by atomic mass is 32.2. The number of carbonyl (C=O) groups is 2. The number of thioether (sulfide) groups is 1. The Balaban J connectivity index is 2.11. The Bertz CT molecular complexity index is 820. The first-order chi connectivity index (χ1) is 11.6. The van der Waals surface area contributed by atoms with Gasteiger partial charge in [0.15, 0.2) is 10.9 Å². The first kappa shape index (κ1) is 18.8. The molecule has 11 heteroatoms. The largest absolute Gasteiger partial charge is 0.506 e. The fourth-order valence-electron chi connectivity index (χ4n) is 1.90. The molecule has 0 spiro atoms. The standard InChI is InChI=1S/C14H13F3N4O3S/c1-7(22)18-9-5-8(3-4-10(9)23)11(24)6-25-13-20-19-12(21(13)2)14(15,16)17/h3-5,23H,6H2,1-2H3,(H,18,22). The molecule has 0 bridgehead atoms. The molecule has 2 rings (SSSR count). The minimum Gasteiger partial charge on any atom is -0.506 e. The maximum atomic E-state index is 12.7. The number of phenols is 1. The molecule has 0 saturated heterocycles. The van der Waals surface area contributed by atoms with Gasteiger partial charge in [-0.2, -0.15) is 13.2 Å². The average Bonchev–Trinajstić information content (AvgIpc) is 2.87. The topological polar surface area (TPSA) is 97.1 Å². The van der Waals surface area contributed by atoms with Crippen molar-refractivity contribution in [2.24, 2.45) is 7.05 Å². The third kappa shape index (κ3) is 4.50. The van der Waals surface area contributed by atoms with Crippen molar-refractivity contribution in [2.45, 2.75) is 18.3 Å². The van der Waals surface area contributed by atoms with E-state index in [4.69, 9.17) is 0 Å². The fourth-order valence-corrected chi connectivity index (χ4v) is 2.71. The van der Waals surface area contributed by atoms with Crippen LogP contribution in [0.4, 0.5) is 18.9 Å². The summed E-state index contributed by atoms with van der Waals surface area (Å²) < 4.78 is 38.7. The molecule has 0 fully saturated rings. The van der Waals surface area contributed by atoms with Gasteiger partial charge < -0.3 is 15.0 Å². The number of aromatic hydroxyl groups is 1.